The van der Waals surface area contributed by atoms with Gasteiger partial charge in [0.15, 0.2) is 18.1 Å². The Hall–Kier alpha value is -4.06. The fraction of sp³-hybridized carbons (Fsp3) is 0.308. The molecule has 2 aromatic carbocycles. The molecule has 0 amide bonds. The fourth-order valence-electron chi connectivity index (χ4n) is 6.01. The van der Waals surface area contributed by atoms with Crippen molar-refractivity contribution in [3.8, 4) is 28.4 Å². The lowest BCUT2D eigenvalue weighted by Crippen LogP contribution is -2.29. The van der Waals surface area contributed by atoms with Crippen molar-refractivity contribution in [1.82, 2.24) is 4.68 Å². The van der Waals surface area contributed by atoms with Crippen LogP contribution in [-0.4, -0.2) is 31.9 Å². The van der Waals surface area contributed by atoms with E-state index in [2.05, 4.69) is 0 Å². The molecule has 37 heavy (non-hydrogen) atoms. The van der Waals surface area contributed by atoms with Crippen molar-refractivity contribution in [2.24, 2.45) is 0 Å². The summed E-state index contributed by atoms with van der Waals surface area (Å²) in [7, 11) is 0. The van der Waals surface area contributed by atoms with E-state index in [1.807, 2.05) is 0 Å². The Labute approximate surface area is 207 Å². The van der Waals surface area contributed by atoms with Gasteiger partial charge in [0, 0.05) is 28.8 Å². The van der Waals surface area contributed by atoms with E-state index in [1.54, 1.807) is 19.1 Å². The number of ether oxygens (including phenoxy) is 2. The Bertz CT molecular complexity index is 1820. The predicted octanol–water partition coefficient (Wildman–Crippen LogP) is 2.03. The van der Waals surface area contributed by atoms with E-state index in [-0.39, 0.29) is 70.6 Å². The van der Waals surface area contributed by atoms with E-state index in [1.165, 1.54) is 0 Å². The van der Waals surface area contributed by atoms with Crippen molar-refractivity contribution in [3.63, 3.8) is 0 Å². The summed E-state index contributed by atoms with van der Waals surface area (Å²) in [6, 6.07) is 3.41. The van der Waals surface area contributed by atoms with Crippen LogP contribution >= 0.6 is 0 Å². The molecule has 11 nitrogen and oxygen atoms in total. The van der Waals surface area contributed by atoms with Gasteiger partial charge in [-0.15, -0.1) is 0 Å². The largest absolute Gasteiger partial charge is 0.506 e. The van der Waals surface area contributed by atoms with Crippen molar-refractivity contribution in [3.05, 3.63) is 60.9 Å². The number of rotatable bonds is 0. The number of aromatic nitrogens is 1. The van der Waals surface area contributed by atoms with Crippen LogP contribution < -0.4 is 21.6 Å². The molecule has 4 aromatic rings. The Morgan fingerprint density at radius 3 is 2.51 bits per heavy atom. The monoisotopic (exact) mass is 506 g/mol. The van der Waals surface area contributed by atoms with Crippen molar-refractivity contribution in [2.45, 2.75) is 44.5 Å². The lowest BCUT2D eigenvalue weighted by atomic mass is 9.79. The van der Waals surface area contributed by atoms with Gasteiger partial charge in [0.05, 0.1) is 23.2 Å². The van der Waals surface area contributed by atoms with Crippen LogP contribution in [0, 0.1) is 6.92 Å². The number of pyridine rings is 1. The highest BCUT2D eigenvalue weighted by molar-refractivity contribution is 6.05. The van der Waals surface area contributed by atoms with Gasteiger partial charge in [-0.1, -0.05) is 0 Å². The van der Waals surface area contributed by atoms with Gasteiger partial charge >= 0.3 is 0 Å². The zero-order chi connectivity index (χ0) is 25.9. The fourth-order valence-corrected chi connectivity index (χ4v) is 6.01. The van der Waals surface area contributed by atoms with Crippen LogP contribution in [-0.2, 0) is 11.2 Å². The van der Waals surface area contributed by atoms with Gasteiger partial charge in [-0.05, 0) is 42.8 Å². The van der Waals surface area contributed by atoms with E-state index < -0.39 is 40.8 Å². The molecule has 190 valence electrons. The van der Waals surface area contributed by atoms with Crippen LogP contribution in [0.1, 0.15) is 59.3 Å². The summed E-state index contributed by atoms with van der Waals surface area (Å²) in [6.07, 6.45) is -2.25. The average Bonchev–Trinajstić information content (AvgIpc) is 2.86. The molecule has 0 spiro atoms. The second-order valence-corrected chi connectivity index (χ2v) is 9.79. The molecule has 0 saturated heterocycles. The second-order valence-electron chi connectivity index (χ2n) is 9.79. The maximum Gasteiger partial charge on any atom is 0.280 e. The third kappa shape index (κ3) is 2.70. The molecule has 7 rings (SSSR count). The third-order valence-electron chi connectivity index (χ3n) is 7.76. The summed E-state index contributed by atoms with van der Waals surface area (Å²) in [4.78, 5) is 26.6. The van der Waals surface area contributed by atoms with Crippen LogP contribution in [0.15, 0.2) is 26.1 Å². The highest BCUT2D eigenvalue weighted by Crippen LogP contribution is 2.57. The van der Waals surface area contributed by atoms with Crippen molar-refractivity contribution in [2.75, 3.05) is 12.6 Å². The Balaban J connectivity index is 1.66. The van der Waals surface area contributed by atoms with Crippen LogP contribution in [0.3, 0.4) is 0 Å². The summed E-state index contributed by atoms with van der Waals surface area (Å²) in [5.74, 6) is 5.05. The number of aliphatic hydroxyl groups is 2. The first-order valence-electron chi connectivity index (χ1n) is 11.9. The molecule has 3 atom stereocenters. The highest BCUT2D eigenvalue weighted by Gasteiger charge is 2.41. The van der Waals surface area contributed by atoms with Crippen LogP contribution in [0.5, 0.6) is 17.2 Å². The number of hydrogen-bond acceptors (Lipinski definition) is 10. The van der Waals surface area contributed by atoms with Gasteiger partial charge in [-0.3, -0.25) is 9.59 Å². The Morgan fingerprint density at radius 2 is 1.73 bits per heavy atom. The highest BCUT2D eigenvalue weighted by atomic mass is 16.7. The van der Waals surface area contributed by atoms with Gasteiger partial charge in [0.1, 0.15) is 28.7 Å². The number of phenolic OH excluding ortho intramolecular Hbond substituents is 2. The molecule has 6 N–H and O–H groups in total. The number of nitrogen functional groups attached to an aromatic ring is 1. The first kappa shape index (κ1) is 22.2. The SMILES string of the molecule is Cc1cc2cc3c(c(O)c2c(=O)n1N)-c1c2c(c4oc5c(c(=O)c4c1O)[C@@H](O)CC[C@H]5O)OCO[C@@H]2C3. The maximum atomic E-state index is 13.6. The van der Waals surface area contributed by atoms with Crippen molar-refractivity contribution < 1.29 is 34.3 Å². The van der Waals surface area contributed by atoms with E-state index in [9.17, 15) is 30.0 Å². The molecule has 0 saturated carbocycles. The average molecular weight is 506 g/mol. The minimum atomic E-state index is -1.18. The minimum absolute atomic E-state index is 0.0350. The molecule has 0 radical (unpaired) electrons. The van der Waals surface area contributed by atoms with Gasteiger partial charge in [0.25, 0.3) is 5.56 Å². The summed E-state index contributed by atoms with van der Waals surface area (Å²) in [5.41, 5.74) is 0.144. The number of phenols is 2. The van der Waals surface area contributed by atoms with E-state index in [0.717, 1.165) is 4.68 Å². The molecular weight excluding hydrogens is 484 g/mol. The normalized spacial score (nSPS) is 21.9. The number of benzene rings is 2. The van der Waals surface area contributed by atoms with Crippen LogP contribution in [0.2, 0.25) is 0 Å². The molecule has 0 fully saturated rings. The van der Waals surface area contributed by atoms with Crippen LogP contribution in [0.4, 0.5) is 0 Å². The summed E-state index contributed by atoms with van der Waals surface area (Å²) < 4.78 is 18.5. The van der Waals surface area contributed by atoms with Gasteiger partial charge in [0.2, 0.25) is 5.43 Å². The van der Waals surface area contributed by atoms with Gasteiger partial charge < -0.3 is 40.2 Å². The molecule has 11 heteroatoms. The van der Waals surface area contributed by atoms with Gasteiger partial charge in [-0.2, -0.15) is 0 Å². The van der Waals surface area contributed by atoms with E-state index in [0.29, 0.717) is 22.2 Å². The molecule has 3 heterocycles. The van der Waals surface area contributed by atoms with Gasteiger partial charge in [-0.25, -0.2) is 4.68 Å². The van der Waals surface area contributed by atoms with E-state index in [4.69, 9.17) is 19.7 Å². The molecule has 3 aliphatic rings. The van der Waals surface area contributed by atoms with Crippen molar-refractivity contribution >= 4 is 21.7 Å². The van der Waals surface area contributed by atoms with Crippen LogP contribution in [0.25, 0.3) is 32.9 Å². The standard InChI is InChI=1S/C26H22N2O9/c1-8-4-9-5-10-6-13-17-18(14(10)20(31)15(9)26(34)28(8)27)22(33)19-21(32)16-11(29)2-3-12(30)23(16)37-25(19)24(17)36-7-35-13/h4-5,11-13,29-31,33H,2-3,6-7,27H2,1H3/t11-,12+,13+/m0/s1. The smallest absolute Gasteiger partial charge is 0.280 e. The number of nitrogens with zero attached hydrogens (tertiary/aromatic N) is 1. The number of fused-ring (bicyclic) bond motifs is 6. The summed E-state index contributed by atoms with van der Waals surface area (Å²) in [5, 5.41) is 44.2. The quantitative estimate of drug-likeness (QED) is 0.222. The Morgan fingerprint density at radius 1 is 1.00 bits per heavy atom. The number of aryl methyl sites for hydroxylation is 1. The lowest BCUT2D eigenvalue weighted by molar-refractivity contribution is -0.0592. The maximum absolute atomic E-state index is 13.6. The Kier molecular flexibility index (Phi) is 4.34. The topological polar surface area (TPSA) is 178 Å². The number of aliphatic hydroxyl groups excluding tert-OH is 2. The number of aromatic hydroxyl groups is 2. The van der Waals surface area contributed by atoms with Crippen molar-refractivity contribution in [1.29, 1.82) is 0 Å². The predicted molar refractivity (Wildman–Crippen MR) is 130 cm³/mol. The number of nitrogens with two attached hydrogens (primary N) is 1. The first-order valence-corrected chi connectivity index (χ1v) is 11.9. The zero-order valence-corrected chi connectivity index (χ0v) is 19.6. The molecule has 1 aliphatic heterocycles. The van der Waals surface area contributed by atoms with E-state index >= 15 is 0 Å². The molecule has 0 unspecified atom stereocenters. The first-order chi connectivity index (χ1) is 17.7. The molecule has 2 aromatic heterocycles. The lowest BCUT2D eigenvalue weighted by Gasteiger charge is -2.35. The second kappa shape index (κ2) is 7.25. The summed E-state index contributed by atoms with van der Waals surface area (Å²) in [6.45, 7) is 1.51. The molecule has 2 aliphatic carbocycles. The minimum Gasteiger partial charge on any atom is -0.506 e. The molecular formula is C26H22N2O9. The summed E-state index contributed by atoms with van der Waals surface area (Å²) >= 11 is 0. The molecule has 0 bridgehead atoms. The zero-order valence-electron chi connectivity index (χ0n) is 19.6. The third-order valence-corrected chi connectivity index (χ3v) is 7.76. The number of hydrogen-bond donors (Lipinski definition) is 5.